The summed E-state index contributed by atoms with van der Waals surface area (Å²) >= 11 is 0. The zero-order valence-corrected chi connectivity index (χ0v) is 15.9. The summed E-state index contributed by atoms with van der Waals surface area (Å²) in [6.07, 6.45) is 0. The molecule has 6 heteroatoms. The van der Waals surface area contributed by atoms with Crippen LogP contribution in [0.15, 0.2) is 57.7 Å². The second kappa shape index (κ2) is 8.08. The summed E-state index contributed by atoms with van der Waals surface area (Å²) < 4.78 is 10.6. The summed E-state index contributed by atoms with van der Waals surface area (Å²) in [6.45, 7) is 5.26. The number of amides is 1. The lowest BCUT2D eigenvalue weighted by Gasteiger charge is -2.14. The molecule has 28 heavy (non-hydrogen) atoms. The van der Waals surface area contributed by atoms with Crippen molar-refractivity contribution < 1.29 is 18.7 Å². The Bertz CT molecular complexity index is 1090. The first-order valence-corrected chi connectivity index (χ1v) is 8.92. The Morgan fingerprint density at radius 2 is 1.82 bits per heavy atom. The van der Waals surface area contributed by atoms with Crippen molar-refractivity contribution in [3.63, 3.8) is 0 Å². The molecule has 6 nitrogen and oxygen atoms in total. The molecule has 0 unspecified atom stereocenters. The van der Waals surface area contributed by atoms with Crippen molar-refractivity contribution in [1.29, 1.82) is 0 Å². The molecule has 1 heterocycles. The highest BCUT2D eigenvalue weighted by atomic mass is 16.5. The molecule has 3 aromatic rings. The van der Waals surface area contributed by atoms with Gasteiger partial charge in [-0.2, -0.15) is 0 Å². The standard InChI is InChI=1S/C22H21NO5/c1-13-9-10-18-17(11-19(24)28-20(18)14(13)2)12-27-22(26)15(3)23-21(25)16-7-5-4-6-8-16/h4-11,15H,12H2,1-3H3,(H,23,25)/t15-/m0/s1. The van der Waals surface area contributed by atoms with Crippen molar-refractivity contribution in [2.24, 2.45) is 0 Å². The Balaban J connectivity index is 1.71. The maximum Gasteiger partial charge on any atom is 0.336 e. The molecular weight excluding hydrogens is 358 g/mol. The third kappa shape index (κ3) is 4.11. The lowest BCUT2D eigenvalue weighted by molar-refractivity contribution is -0.146. The highest BCUT2D eigenvalue weighted by Crippen LogP contribution is 2.23. The molecule has 0 fully saturated rings. The van der Waals surface area contributed by atoms with Gasteiger partial charge < -0.3 is 14.5 Å². The van der Waals surface area contributed by atoms with E-state index in [1.807, 2.05) is 26.0 Å². The van der Waals surface area contributed by atoms with Gasteiger partial charge in [0.2, 0.25) is 0 Å². The Morgan fingerprint density at radius 1 is 1.11 bits per heavy atom. The number of benzene rings is 2. The van der Waals surface area contributed by atoms with Gasteiger partial charge in [0.25, 0.3) is 5.91 Å². The average molecular weight is 379 g/mol. The van der Waals surface area contributed by atoms with Crippen LogP contribution in [0.5, 0.6) is 0 Å². The minimum Gasteiger partial charge on any atom is -0.459 e. The van der Waals surface area contributed by atoms with E-state index in [0.29, 0.717) is 16.7 Å². The molecule has 144 valence electrons. The van der Waals surface area contributed by atoms with Crippen molar-refractivity contribution in [1.82, 2.24) is 5.32 Å². The van der Waals surface area contributed by atoms with Crippen LogP contribution in [0.3, 0.4) is 0 Å². The largest absolute Gasteiger partial charge is 0.459 e. The molecule has 0 spiro atoms. The first-order chi connectivity index (χ1) is 13.4. The van der Waals surface area contributed by atoms with E-state index in [4.69, 9.17) is 9.15 Å². The van der Waals surface area contributed by atoms with Crippen molar-refractivity contribution >= 4 is 22.8 Å². The van der Waals surface area contributed by atoms with Crippen LogP contribution in [-0.2, 0) is 16.1 Å². The number of ether oxygens (including phenoxy) is 1. The summed E-state index contributed by atoms with van der Waals surface area (Å²) in [4.78, 5) is 36.3. The topological polar surface area (TPSA) is 85.6 Å². The van der Waals surface area contributed by atoms with Gasteiger partial charge >= 0.3 is 11.6 Å². The number of fused-ring (bicyclic) bond motifs is 1. The summed E-state index contributed by atoms with van der Waals surface area (Å²) in [5.41, 5.74) is 2.87. The molecule has 1 atom stereocenters. The van der Waals surface area contributed by atoms with Crippen LogP contribution < -0.4 is 10.9 Å². The van der Waals surface area contributed by atoms with Crippen molar-refractivity contribution in [2.45, 2.75) is 33.4 Å². The molecule has 3 rings (SSSR count). The number of carbonyl (C=O) groups is 2. The Kier molecular flexibility index (Phi) is 5.59. The molecule has 0 aliphatic heterocycles. The fourth-order valence-electron chi connectivity index (χ4n) is 2.85. The van der Waals surface area contributed by atoms with Crippen LogP contribution in [0.1, 0.15) is 34.0 Å². The summed E-state index contributed by atoms with van der Waals surface area (Å²) in [6, 6.07) is 12.9. The Morgan fingerprint density at radius 3 is 2.54 bits per heavy atom. The van der Waals surface area contributed by atoms with Crippen LogP contribution in [0, 0.1) is 13.8 Å². The third-order valence-corrected chi connectivity index (χ3v) is 4.62. The van der Waals surface area contributed by atoms with Crippen molar-refractivity contribution in [3.05, 3.63) is 81.2 Å². The molecular formula is C22H21NO5. The number of esters is 1. The van der Waals surface area contributed by atoms with E-state index < -0.39 is 17.6 Å². The number of hydrogen-bond acceptors (Lipinski definition) is 5. The van der Waals surface area contributed by atoms with Crippen molar-refractivity contribution in [2.75, 3.05) is 0 Å². The molecule has 1 amide bonds. The first kappa shape index (κ1) is 19.4. The fourth-order valence-corrected chi connectivity index (χ4v) is 2.85. The van der Waals surface area contributed by atoms with E-state index in [1.165, 1.54) is 6.07 Å². The van der Waals surface area contributed by atoms with Gasteiger partial charge in [-0.25, -0.2) is 9.59 Å². The molecule has 1 N–H and O–H groups in total. The molecule has 0 aliphatic carbocycles. The van der Waals surface area contributed by atoms with Gasteiger partial charge in [0.1, 0.15) is 18.2 Å². The molecule has 0 aliphatic rings. The summed E-state index contributed by atoms with van der Waals surface area (Å²) in [5, 5.41) is 3.32. The van der Waals surface area contributed by atoms with Gasteiger partial charge in [-0.1, -0.05) is 30.3 Å². The van der Waals surface area contributed by atoms with E-state index in [0.717, 1.165) is 16.5 Å². The van der Waals surface area contributed by atoms with E-state index in [2.05, 4.69) is 5.32 Å². The van der Waals surface area contributed by atoms with Gasteiger partial charge in [-0.05, 0) is 44.0 Å². The zero-order chi connectivity index (χ0) is 20.3. The van der Waals surface area contributed by atoms with E-state index in [-0.39, 0.29) is 12.5 Å². The minimum absolute atomic E-state index is 0.0883. The lowest BCUT2D eigenvalue weighted by atomic mass is 10.0. The number of nitrogens with one attached hydrogen (secondary N) is 1. The first-order valence-electron chi connectivity index (χ1n) is 8.92. The monoisotopic (exact) mass is 379 g/mol. The molecule has 0 saturated heterocycles. The second-order valence-electron chi connectivity index (χ2n) is 6.64. The van der Waals surface area contributed by atoms with E-state index in [1.54, 1.807) is 37.3 Å². The van der Waals surface area contributed by atoms with Crippen LogP contribution in [0.2, 0.25) is 0 Å². The van der Waals surface area contributed by atoms with Crippen LogP contribution in [-0.4, -0.2) is 17.9 Å². The molecule has 1 aromatic heterocycles. The predicted octanol–water partition coefficient (Wildman–Crippen LogP) is 3.27. The Labute approximate surface area is 162 Å². The number of rotatable bonds is 5. The van der Waals surface area contributed by atoms with E-state index in [9.17, 15) is 14.4 Å². The molecule has 0 radical (unpaired) electrons. The van der Waals surface area contributed by atoms with Gasteiger partial charge in [0, 0.05) is 22.6 Å². The van der Waals surface area contributed by atoms with E-state index >= 15 is 0 Å². The maximum atomic E-state index is 12.3. The average Bonchev–Trinajstić information content (AvgIpc) is 2.69. The number of aryl methyl sites for hydroxylation is 2. The predicted molar refractivity (Wildman–Crippen MR) is 105 cm³/mol. The number of hydrogen-bond donors (Lipinski definition) is 1. The molecule has 0 saturated carbocycles. The maximum absolute atomic E-state index is 12.3. The quantitative estimate of drug-likeness (QED) is 0.543. The normalized spacial score (nSPS) is 11.8. The molecule has 2 aromatic carbocycles. The van der Waals surface area contributed by atoms with Crippen LogP contribution >= 0.6 is 0 Å². The van der Waals surface area contributed by atoms with Gasteiger partial charge in [0.05, 0.1) is 0 Å². The Hall–Kier alpha value is -3.41. The minimum atomic E-state index is -0.830. The van der Waals surface area contributed by atoms with Crippen LogP contribution in [0.25, 0.3) is 11.0 Å². The highest BCUT2D eigenvalue weighted by Gasteiger charge is 2.19. The number of carbonyl (C=O) groups excluding carboxylic acids is 2. The lowest BCUT2D eigenvalue weighted by Crippen LogP contribution is -2.39. The highest BCUT2D eigenvalue weighted by molar-refractivity contribution is 5.96. The zero-order valence-electron chi connectivity index (χ0n) is 15.9. The fraction of sp³-hybridized carbons (Fsp3) is 0.227. The van der Waals surface area contributed by atoms with Gasteiger partial charge in [-0.3, -0.25) is 4.79 Å². The smallest absolute Gasteiger partial charge is 0.336 e. The van der Waals surface area contributed by atoms with Crippen molar-refractivity contribution in [3.8, 4) is 0 Å². The SMILES string of the molecule is Cc1ccc2c(COC(=O)[C@H](C)NC(=O)c3ccccc3)cc(=O)oc2c1C. The third-order valence-electron chi connectivity index (χ3n) is 4.62. The second-order valence-corrected chi connectivity index (χ2v) is 6.64. The van der Waals surface area contributed by atoms with Crippen LogP contribution in [0.4, 0.5) is 0 Å². The summed E-state index contributed by atoms with van der Waals surface area (Å²) in [7, 11) is 0. The summed E-state index contributed by atoms with van der Waals surface area (Å²) in [5.74, 6) is -0.948. The molecule has 0 bridgehead atoms. The van der Waals surface area contributed by atoms with Gasteiger partial charge in [0.15, 0.2) is 0 Å². The van der Waals surface area contributed by atoms with Gasteiger partial charge in [-0.15, -0.1) is 0 Å².